The van der Waals surface area contributed by atoms with Crippen molar-refractivity contribution < 1.29 is 9.18 Å². The molecule has 5 rings (SSSR count). The fourth-order valence-corrected chi connectivity index (χ4v) is 4.28. The molecule has 0 bridgehead atoms. The van der Waals surface area contributed by atoms with Crippen molar-refractivity contribution in [3.05, 3.63) is 89.4 Å². The van der Waals surface area contributed by atoms with Crippen LogP contribution in [-0.2, 0) is 12.8 Å². The van der Waals surface area contributed by atoms with Crippen LogP contribution in [-0.4, -0.2) is 25.7 Å². The Bertz CT molecular complexity index is 1240. The smallest absolute Gasteiger partial charge is 0.272 e. The lowest BCUT2D eigenvalue weighted by Gasteiger charge is -2.14. The first-order chi connectivity index (χ1) is 15.6. The molecular weight excluding hydrogens is 405 g/mol. The average Bonchev–Trinajstić information content (AvgIpc) is 3.55. The number of fused-ring (bicyclic) bond motifs is 1. The van der Waals surface area contributed by atoms with E-state index in [1.807, 2.05) is 37.3 Å². The number of hydrogen-bond acceptors (Lipinski definition) is 3. The van der Waals surface area contributed by atoms with E-state index < -0.39 is 0 Å². The van der Waals surface area contributed by atoms with Crippen LogP contribution in [0.1, 0.15) is 53.4 Å². The molecule has 1 aliphatic rings. The van der Waals surface area contributed by atoms with E-state index >= 15 is 0 Å². The monoisotopic (exact) mass is 429 g/mol. The molecule has 6 nitrogen and oxygen atoms in total. The molecule has 0 aliphatic heterocycles. The summed E-state index contributed by atoms with van der Waals surface area (Å²) in [6, 6.07) is 15.9. The molecule has 2 aromatic heterocycles. The zero-order chi connectivity index (χ0) is 22.1. The fraction of sp³-hybridized carbons (Fsp3) is 0.240. The van der Waals surface area contributed by atoms with Gasteiger partial charge in [0.25, 0.3) is 5.91 Å². The fourth-order valence-electron chi connectivity index (χ4n) is 4.28. The third-order valence-electron chi connectivity index (χ3n) is 5.94. The van der Waals surface area contributed by atoms with Gasteiger partial charge in [0.15, 0.2) is 5.69 Å². The third kappa shape index (κ3) is 3.70. The minimum atomic E-state index is -0.297. The summed E-state index contributed by atoms with van der Waals surface area (Å²) in [7, 11) is 0. The molecule has 1 atom stereocenters. The SMILES string of the molecule is CCC(NC(=O)c1nn(-c2ccc(F)cc2)c2c1CCC2)c1ncc(-c2ccccc2)[nH]1. The highest BCUT2D eigenvalue weighted by molar-refractivity contribution is 5.94. The molecule has 1 aliphatic carbocycles. The number of H-pyrrole nitrogens is 1. The molecule has 0 saturated carbocycles. The summed E-state index contributed by atoms with van der Waals surface area (Å²) in [5.41, 5.74) is 5.16. The van der Waals surface area contributed by atoms with Crippen molar-refractivity contribution in [2.75, 3.05) is 0 Å². The average molecular weight is 429 g/mol. The molecule has 32 heavy (non-hydrogen) atoms. The van der Waals surface area contributed by atoms with Crippen LogP contribution >= 0.6 is 0 Å². The largest absolute Gasteiger partial charge is 0.341 e. The number of nitrogens with one attached hydrogen (secondary N) is 2. The van der Waals surface area contributed by atoms with Gasteiger partial charge in [-0.05, 0) is 55.5 Å². The molecule has 0 fully saturated rings. The number of amides is 1. The molecule has 0 saturated heterocycles. The van der Waals surface area contributed by atoms with Gasteiger partial charge >= 0.3 is 0 Å². The van der Waals surface area contributed by atoms with Crippen LogP contribution in [0.25, 0.3) is 16.9 Å². The number of nitrogens with zero attached hydrogens (tertiary/aromatic N) is 3. The summed E-state index contributed by atoms with van der Waals surface area (Å²) in [6.45, 7) is 2.01. The minimum absolute atomic E-state index is 0.214. The number of hydrogen-bond donors (Lipinski definition) is 2. The van der Waals surface area contributed by atoms with Gasteiger partial charge in [0.2, 0.25) is 0 Å². The molecule has 0 radical (unpaired) electrons. The molecule has 2 N–H and O–H groups in total. The lowest BCUT2D eigenvalue weighted by atomic mass is 10.1. The van der Waals surface area contributed by atoms with Crippen molar-refractivity contribution in [3.8, 4) is 16.9 Å². The van der Waals surface area contributed by atoms with Crippen LogP contribution in [0.3, 0.4) is 0 Å². The predicted molar refractivity (Wildman–Crippen MR) is 120 cm³/mol. The van der Waals surface area contributed by atoms with E-state index in [-0.39, 0.29) is 17.8 Å². The first-order valence-corrected chi connectivity index (χ1v) is 10.9. The van der Waals surface area contributed by atoms with E-state index in [1.54, 1.807) is 23.0 Å². The van der Waals surface area contributed by atoms with Gasteiger partial charge in [-0.1, -0.05) is 37.3 Å². The van der Waals surface area contributed by atoms with Crippen LogP contribution in [0.2, 0.25) is 0 Å². The second-order valence-electron chi connectivity index (χ2n) is 8.00. The number of rotatable bonds is 6. The van der Waals surface area contributed by atoms with E-state index in [0.717, 1.165) is 47.5 Å². The van der Waals surface area contributed by atoms with Gasteiger partial charge in [-0.25, -0.2) is 14.1 Å². The second-order valence-corrected chi connectivity index (χ2v) is 8.00. The summed E-state index contributed by atoms with van der Waals surface area (Å²) in [5, 5.41) is 7.72. The Kier molecular flexibility index (Phi) is 5.31. The highest BCUT2D eigenvalue weighted by atomic mass is 19.1. The van der Waals surface area contributed by atoms with Crippen molar-refractivity contribution in [2.24, 2.45) is 0 Å². The van der Waals surface area contributed by atoms with E-state index in [4.69, 9.17) is 0 Å². The number of imidazole rings is 1. The number of carbonyl (C=O) groups is 1. The highest BCUT2D eigenvalue weighted by Gasteiger charge is 2.28. The first-order valence-electron chi connectivity index (χ1n) is 10.9. The molecule has 162 valence electrons. The number of carbonyl (C=O) groups excluding carboxylic acids is 1. The van der Waals surface area contributed by atoms with Gasteiger partial charge in [-0.15, -0.1) is 0 Å². The Morgan fingerprint density at radius 3 is 2.69 bits per heavy atom. The van der Waals surface area contributed by atoms with Crippen molar-refractivity contribution in [1.29, 1.82) is 0 Å². The lowest BCUT2D eigenvalue weighted by Crippen LogP contribution is -2.30. The maximum Gasteiger partial charge on any atom is 0.272 e. The predicted octanol–water partition coefficient (Wildman–Crippen LogP) is 4.77. The Morgan fingerprint density at radius 1 is 1.16 bits per heavy atom. The Hall–Kier alpha value is -3.74. The standard InChI is InChI=1S/C25H24FN5O/c1-2-20(24-27-15-21(28-24)16-7-4-3-5-8-16)29-25(32)23-19-9-6-10-22(19)31(30-23)18-13-11-17(26)12-14-18/h3-5,7-8,11-15,20H,2,6,9-10H2,1H3,(H,27,28)(H,29,32). The maximum absolute atomic E-state index is 13.4. The Balaban J connectivity index is 1.40. The van der Waals surface area contributed by atoms with Gasteiger partial charge in [0.1, 0.15) is 11.6 Å². The molecule has 1 unspecified atom stereocenters. The second kappa shape index (κ2) is 8.42. The molecule has 4 aromatic rings. The van der Waals surface area contributed by atoms with Crippen LogP contribution in [0.15, 0.2) is 60.8 Å². The highest BCUT2D eigenvalue weighted by Crippen LogP contribution is 2.29. The van der Waals surface area contributed by atoms with Gasteiger partial charge in [0.05, 0.1) is 23.6 Å². The third-order valence-corrected chi connectivity index (χ3v) is 5.94. The van der Waals surface area contributed by atoms with E-state index in [9.17, 15) is 9.18 Å². The quantitative estimate of drug-likeness (QED) is 0.464. The van der Waals surface area contributed by atoms with Crippen molar-refractivity contribution >= 4 is 5.91 Å². The topological polar surface area (TPSA) is 75.6 Å². The summed E-state index contributed by atoms with van der Waals surface area (Å²) < 4.78 is 15.1. The lowest BCUT2D eigenvalue weighted by molar-refractivity contribution is 0.0927. The first kappa shape index (κ1) is 20.2. The zero-order valence-corrected chi connectivity index (χ0v) is 17.8. The summed E-state index contributed by atoms with van der Waals surface area (Å²) in [4.78, 5) is 21.1. The van der Waals surface area contributed by atoms with Crippen LogP contribution in [0.5, 0.6) is 0 Å². The summed E-state index contributed by atoms with van der Waals surface area (Å²) >= 11 is 0. The molecule has 2 heterocycles. The van der Waals surface area contributed by atoms with E-state index in [1.165, 1.54) is 12.1 Å². The normalized spacial score (nSPS) is 13.7. The van der Waals surface area contributed by atoms with Crippen molar-refractivity contribution in [2.45, 2.75) is 38.6 Å². The number of benzene rings is 2. The minimum Gasteiger partial charge on any atom is -0.341 e. The molecule has 2 aromatic carbocycles. The Labute approximate surface area is 185 Å². The number of halogens is 1. The molecule has 7 heteroatoms. The van der Waals surface area contributed by atoms with E-state index in [0.29, 0.717) is 17.9 Å². The maximum atomic E-state index is 13.4. The zero-order valence-electron chi connectivity index (χ0n) is 17.8. The van der Waals surface area contributed by atoms with Gasteiger partial charge in [-0.3, -0.25) is 4.79 Å². The van der Waals surface area contributed by atoms with Gasteiger partial charge in [0, 0.05) is 11.3 Å². The summed E-state index contributed by atoms with van der Waals surface area (Å²) in [5.74, 6) is 0.206. The van der Waals surface area contributed by atoms with Crippen LogP contribution < -0.4 is 5.32 Å². The van der Waals surface area contributed by atoms with Crippen LogP contribution in [0, 0.1) is 5.82 Å². The number of aromatic amines is 1. The van der Waals surface area contributed by atoms with Crippen molar-refractivity contribution in [1.82, 2.24) is 25.1 Å². The van der Waals surface area contributed by atoms with Gasteiger partial charge < -0.3 is 10.3 Å². The molecular formula is C25H24FN5O. The van der Waals surface area contributed by atoms with Crippen molar-refractivity contribution in [3.63, 3.8) is 0 Å². The number of aromatic nitrogens is 4. The molecule has 0 spiro atoms. The summed E-state index contributed by atoms with van der Waals surface area (Å²) in [6.07, 6.45) is 5.12. The Morgan fingerprint density at radius 2 is 1.94 bits per heavy atom. The van der Waals surface area contributed by atoms with Gasteiger partial charge in [-0.2, -0.15) is 5.10 Å². The van der Waals surface area contributed by atoms with E-state index in [2.05, 4.69) is 20.4 Å². The molecule has 1 amide bonds. The van der Waals surface area contributed by atoms with Crippen LogP contribution in [0.4, 0.5) is 4.39 Å².